The molecule has 0 spiro atoms. The molecule has 0 amide bonds. The van der Waals surface area contributed by atoms with Crippen molar-refractivity contribution in [3.8, 4) is 0 Å². The number of halogens is 1. The van der Waals surface area contributed by atoms with Crippen molar-refractivity contribution in [1.29, 1.82) is 0 Å². The summed E-state index contributed by atoms with van der Waals surface area (Å²) in [6, 6.07) is 3.47. The minimum atomic E-state index is 0.0676. The van der Waals surface area contributed by atoms with E-state index in [1.807, 2.05) is 0 Å². The van der Waals surface area contributed by atoms with Gasteiger partial charge >= 0.3 is 0 Å². The third-order valence-corrected chi connectivity index (χ3v) is 2.89. The highest BCUT2D eigenvalue weighted by molar-refractivity contribution is 7.18. The molecule has 1 N–H and O–H groups in total. The predicted molar refractivity (Wildman–Crippen MR) is 58.4 cm³/mol. The Bertz CT molecular complexity index is 301. The van der Waals surface area contributed by atoms with Gasteiger partial charge in [0.2, 0.25) is 0 Å². The van der Waals surface area contributed by atoms with Crippen molar-refractivity contribution in [3.05, 3.63) is 21.3 Å². The normalized spacial score (nSPS) is 10.4. The zero-order chi connectivity index (χ0) is 10.4. The Balaban J connectivity index is 2.29. The Kier molecular flexibility index (Phi) is 5.11. The maximum Gasteiger partial charge on any atom is 0.186 e. The van der Waals surface area contributed by atoms with Gasteiger partial charge in [0.15, 0.2) is 5.78 Å². The first kappa shape index (κ1) is 11.7. The summed E-state index contributed by atoms with van der Waals surface area (Å²) < 4.78 is 5.48. The number of hydrogen-bond acceptors (Lipinski definition) is 4. The summed E-state index contributed by atoms with van der Waals surface area (Å²) in [6.07, 6.45) is 0. The smallest absolute Gasteiger partial charge is 0.186 e. The van der Waals surface area contributed by atoms with Gasteiger partial charge in [-0.05, 0) is 12.1 Å². The number of ketones is 1. The molecule has 0 radical (unpaired) electrons. The number of thiophene rings is 1. The number of rotatable bonds is 6. The first-order valence-electron chi connectivity index (χ1n) is 4.22. The van der Waals surface area contributed by atoms with Crippen LogP contribution in [0.4, 0.5) is 0 Å². The van der Waals surface area contributed by atoms with Crippen LogP contribution in [0.2, 0.25) is 4.34 Å². The topological polar surface area (TPSA) is 38.3 Å². The van der Waals surface area contributed by atoms with Gasteiger partial charge in [-0.15, -0.1) is 11.3 Å². The van der Waals surface area contributed by atoms with Gasteiger partial charge in [-0.25, -0.2) is 0 Å². The Labute approximate surface area is 92.0 Å². The standard InChI is InChI=1S/C9H12ClNO2S/c1-13-5-4-11-6-7(12)8-2-3-9(10)14-8/h2-3,11H,4-6H2,1H3. The van der Waals surface area contributed by atoms with Crippen LogP contribution >= 0.6 is 22.9 Å². The lowest BCUT2D eigenvalue weighted by Crippen LogP contribution is -2.25. The Morgan fingerprint density at radius 3 is 3.00 bits per heavy atom. The van der Waals surface area contributed by atoms with Gasteiger partial charge in [0.1, 0.15) is 0 Å². The molecule has 0 saturated heterocycles. The molecule has 0 aliphatic carbocycles. The van der Waals surface area contributed by atoms with Gasteiger partial charge in [-0.1, -0.05) is 11.6 Å². The van der Waals surface area contributed by atoms with Gasteiger partial charge < -0.3 is 10.1 Å². The van der Waals surface area contributed by atoms with Crippen molar-refractivity contribution in [2.24, 2.45) is 0 Å². The Hall–Kier alpha value is -0.420. The molecule has 0 saturated carbocycles. The summed E-state index contributed by atoms with van der Waals surface area (Å²) >= 11 is 7.02. The number of Topliss-reactive ketones (excluding diaryl/α,β-unsaturated/α-hetero) is 1. The third kappa shape index (κ3) is 3.75. The van der Waals surface area contributed by atoms with Crippen LogP contribution in [0, 0.1) is 0 Å². The number of carbonyl (C=O) groups is 1. The van der Waals surface area contributed by atoms with Gasteiger partial charge in [-0.3, -0.25) is 4.79 Å². The molecule has 0 aromatic carbocycles. The third-order valence-electron chi connectivity index (χ3n) is 1.62. The summed E-state index contributed by atoms with van der Waals surface area (Å²) in [5, 5.41) is 2.98. The number of nitrogens with one attached hydrogen (secondary N) is 1. The summed E-state index contributed by atoms with van der Waals surface area (Å²) in [7, 11) is 1.63. The van der Waals surface area contributed by atoms with Crippen molar-refractivity contribution in [3.63, 3.8) is 0 Å². The average Bonchev–Trinajstić information content (AvgIpc) is 2.59. The van der Waals surface area contributed by atoms with Gasteiger partial charge in [-0.2, -0.15) is 0 Å². The molecular weight excluding hydrogens is 222 g/mol. The van der Waals surface area contributed by atoms with Crippen LogP contribution in [0.1, 0.15) is 9.67 Å². The van der Waals surface area contributed by atoms with Crippen molar-refractivity contribution in [2.75, 3.05) is 26.8 Å². The SMILES string of the molecule is COCCNCC(=O)c1ccc(Cl)s1. The van der Waals surface area contributed by atoms with Crippen LogP contribution in [-0.4, -0.2) is 32.6 Å². The van der Waals surface area contributed by atoms with E-state index in [-0.39, 0.29) is 5.78 Å². The molecule has 1 aromatic rings. The van der Waals surface area contributed by atoms with Gasteiger partial charge in [0.25, 0.3) is 0 Å². The lowest BCUT2D eigenvalue weighted by atomic mass is 10.3. The maximum atomic E-state index is 11.5. The fourth-order valence-electron chi connectivity index (χ4n) is 0.927. The molecule has 78 valence electrons. The molecule has 0 fully saturated rings. The van der Waals surface area contributed by atoms with Crippen LogP contribution in [0.5, 0.6) is 0 Å². The largest absolute Gasteiger partial charge is 0.383 e. The number of ether oxygens (including phenoxy) is 1. The highest BCUT2D eigenvalue weighted by Gasteiger charge is 2.07. The lowest BCUT2D eigenvalue weighted by molar-refractivity contribution is 0.0991. The van der Waals surface area contributed by atoms with Crippen molar-refractivity contribution < 1.29 is 9.53 Å². The lowest BCUT2D eigenvalue weighted by Gasteiger charge is -2.01. The van der Waals surface area contributed by atoms with Crippen LogP contribution in [0.15, 0.2) is 12.1 Å². The van der Waals surface area contributed by atoms with Crippen molar-refractivity contribution in [2.45, 2.75) is 0 Å². The highest BCUT2D eigenvalue weighted by Crippen LogP contribution is 2.21. The average molecular weight is 234 g/mol. The molecule has 0 unspecified atom stereocenters. The van der Waals surface area contributed by atoms with Crippen LogP contribution < -0.4 is 5.32 Å². The van der Waals surface area contributed by atoms with Gasteiger partial charge in [0.05, 0.1) is 22.4 Å². The van der Waals surface area contributed by atoms with E-state index in [2.05, 4.69) is 5.32 Å². The van der Waals surface area contributed by atoms with E-state index in [1.165, 1.54) is 11.3 Å². The quantitative estimate of drug-likeness (QED) is 0.602. The summed E-state index contributed by atoms with van der Waals surface area (Å²) in [4.78, 5) is 12.2. The summed E-state index contributed by atoms with van der Waals surface area (Å²) in [6.45, 7) is 1.63. The summed E-state index contributed by atoms with van der Waals surface area (Å²) in [5.41, 5.74) is 0. The number of carbonyl (C=O) groups excluding carboxylic acids is 1. The molecule has 1 rings (SSSR count). The monoisotopic (exact) mass is 233 g/mol. The van der Waals surface area contributed by atoms with Crippen molar-refractivity contribution in [1.82, 2.24) is 5.32 Å². The molecule has 1 aromatic heterocycles. The zero-order valence-corrected chi connectivity index (χ0v) is 9.45. The summed E-state index contributed by atoms with van der Waals surface area (Å²) in [5.74, 6) is 0.0676. The van der Waals surface area contributed by atoms with Crippen LogP contribution in [0.25, 0.3) is 0 Å². The molecule has 1 heterocycles. The minimum absolute atomic E-state index is 0.0676. The minimum Gasteiger partial charge on any atom is -0.383 e. The van der Waals surface area contributed by atoms with Crippen LogP contribution in [0.3, 0.4) is 0 Å². The maximum absolute atomic E-state index is 11.5. The van der Waals surface area contributed by atoms with E-state index in [1.54, 1.807) is 19.2 Å². The second-order valence-electron chi connectivity index (χ2n) is 2.70. The first-order chi connectivity index (χ1) is 6.74. The highest BCUT2D eigenvalue weighted by atomic mass is 35.5. The molecule has 3 nitrogen and oxygen atoms in total. The van der Waals surface area contributed by atoms with Gasteiger partial charge in [0, 0.05) is 13.7 Å². The predicted octanol–water partition coefficient (Wildman–Crippen LogP) is 1.82. The van der Waals surface area contributed by atoms with E-state index in [0.717, 1.165) is 0 Å². The zero-order valence-electron chi connectivity index (χ0n) is 7.88. The Morgan fingerprint density at radius 1 is 1.64 bits per heavy atom. The van der Waals surface area contributed by atoms with E-state index in [9.17, 15) is 4.79 Å². The first-order valence-corrected chi connectivity index (χ1v) is 5.41. The van der Waals surface area contributed by atoms with Crippen molar-refractivity contribution >= 4 is 28.7 Å². The van der Waals surface area contributed by atoms with E-state index < -0.39 is 0 Å². The van der Waals surface area contributed by atoms with E-state index in [0.29, 0.717) is 28.9 Å². The number of hydrogen-bond donors (Lipinski definition) is 1. The van der Waals surface area contributed by atoms with Crippen LogP contribution in [-0.2, 0) is 4.74 Å². The number of methoxy groups -OCH3 is 1. The second-order valence-corrected chi connectivity index (χ2v) is 4.41. The van der Waals surface area contributed by atoms with E-state index in [4.69, 9.17) is 16.3 Å². The Morgan fingerprint density at radius 2 is 2.43 bits per heavy atom. The molecular formula is C9H12ClNO2S. The molecule has 5 heteroatoms. The fraction of sp³-hybridized carbons (Fsp3) is 0.444. The molecule has 14 heavy (non-hydrogen) atoms. The fourth-order valence-corrected chi connectivity index (χ4v) is 1.91. The molecule has 0 bridgehead atoms. The second kappa shape index (κ2) is 6.14. The molecule has 0 aliphatic heterocycles. The molecule has 0 aliphatic rings. The molecule has 0 atom stereocenters. The van der Waals surface area contributed by atoms with E-state index >= 15 is 0 Å².